The van der Waals surface area contributed by atoms with Gasteiger partial charge in [-0.3, -0.25) is 0 Å². The van der Waals surface area contributed by atoms with Crippen molar-refractivity contribution in [2.45, 2.75) is 38.0 Å². The first-order chi connectivity index (χ1) is 7.71. The fourth-order valence-electron chi connectivity index (χ4n) is 1.51. The Morgan fingerprint density at radius 1 is 1.41 bits per heavy atom. The molecule has 3 nitrogen and oxygen atoms in total. The van der Waals surface area contributed by atoms with Crippen molar-refractivity contribution in [2.24, 2.45) is 0 Å². The molecule has 0 fully saturated rings. The van der Waals surface area contributed by atoms with E-state index in [1.165, 1.54) is 0 Å². The number of rotatable bonds is 3. The van der Waals surface area contributed by atoms with Crippen LogP contribution in [0.5, 0.6) is 5.75 Å². The van der Waals surface area contributed by atoms with Gasteiger partial charge in [0.1, 0.15) is 5.75 Å². The molecule has 1 aromatic carbocycles. The lowest BCUT2D eigenvalue weighted by molar-refractivity contribution is -0.139. The molecule has 0 bridgehead atoms. The summed E-state index contributed by atoms with van der Waals surface area (Å²) in [6.07, 6.45) is 0. The van der Waals surface area contributed by atoms with Crippen molar-refractivity contribution in [1.29, 1.82) is 0 Å². The Labute approximate surface area is 107 Å². The first kappa shape index (κ1) is 13.9. The van der Waals surface area contributed by atoms with E-state index in [-0.39, 0.29) is 12.0 Å². The quantitative estimate of drug-likeness (QED) is 0.815. The molecule has 0 unspecified atom stereocenters. The second kappa shape index (κ2) is 5.00. The van der Waals surface area contributed by atoms with Gasteiger partial charge in [-0.15, -0.1) is 12.6 Å². The lowest BCUT2D eigenvalue weighted by Gasteiger charge is -2.21. The predicted molar refractivity (Wildman–Crippen MR) is 70.3 cm³/mol. The Kier molecular flexibility index (Phi) is 4.09. The van der Waals surface area contributed by atoms with E-state index >= 15 is 0 Å². The minimum absolute atomic E-state index is 0.0353. The molecule has 0 atom stereocenters. The van der Waals surface area contributed by atoms with E-state index in [1.807, 2.05) is 19.1 Å². The van der Waals surface area contributed by atoms with Gasteiger partial charge in [0, 0.05) is 4.90 Å². The van der Waals surface area contributed by atoms with Crippen LogP contribution in [0.3, 0.4) is 0 Å². The number of aliphatic carboxylic acids is 1. The molecule has 0 radical (unpaired) electrons. The van der Waals surface area contributed by atoms with Gasteiger partial charge in [-0.25, -0.2) is 4.79 Å². The summed E-state index contributed by atoms with van der Waals surface area (Å²) in [6, 6.07) is 3.93. The Balaban J connectivity index is 3.07. The zero-order valence-electron chi connectivity index (χ0n) is 10.6. The standard InChI is InChI=1S/C13H18O3S/c1-8-5-9(13(2,3)4)6-10(17)12(8)16-7-11(14)15/h5-6,17H,7H2,1-4H3,(H,14,15). The van der Waals surface area contributed by atoms with Crippen LogP contribution in [-0.4, -0.2) is 17.7 Å². The van der Waals surface area contributed by atoms with Crippen LogP contribution >= 0.6 is 12.6 Å². The number of hydrogen-bond donors (Lipinski definition) is 2. The SMILES string of the molecule is Cc1cc(C(C)(C)C)cc(S)c1OCC(=O)O. The van der Waals surface area contributed by atoms with Gasteiger partial charge >= 0.3 is 5.97 Å². The maximum absolute atomic E-state index is 10.5. The molecule has 0 aliphatic rings. The summed E-state index contributed by atoms with van der Waals surface area (Å²) >= 11 is 4.35. The lowest BCUT2D eigenvalue weighted by atomic mass is 9.86. The van der Waals surface area contributed by atoms with Crippen molar-refractivity contribution in [3.8, 4) is 5.75 Å². The normalized spacial score (nSPS) is 11.4. The second-order valence-corrected chi connectivity index (χ2v) is 5.56. The summed E-state index contributed by atoms with van der Waals surface area (Å²) in [6.45, 7) is 7.90. The molecule has 0 amide bonds. The molecule has 1 N–H and O–H groups in total. The van der Waals surface area contributed by atoms with Crippen molar-refractivity contribution in [3.05, 3.63) is 23.3 Å². The fraction of sp³-hybridized carbons (Fsp3) is 0.462. The third kappa shape index (κ3) is 3.66. The molecule has 0 heterocycles. The van der Waals surface area contributed by atoms with Crippen LogP contribution in [0.25, 0.3) is 0 Å². The van der Waals surface area contributed by atoms with Crippen molar-refractivity contribution in [3.63, 3.8) is 0 Å². The van der Waals surface area contributed by atoms with E-state index in [0.717, 1.165) is 11.1 Å². The zero-order chi connectivity index (χ0) is 13.2. The number of ether oxygens (including phenoxy) is 1. The number of hydrogen-bond acceptors (Lipinski definition) is 3. The molecule has 0 aliphatic heterocycles. The molecule has 94 valence electrons. The van der Waals surface area contributed by atoms with Crippen LogP contribution in [0, 0.1) is 6.92 Å². The number of thiol groups is 1. The Morgan fingerprint density at radius 2 is 2.00 bits per heavy atom. The molecule has 0 saturated carbocycles. The Bertz CT molecular complexity index is 410. The number of benzene rings is 1. The van der Waals surface area contributed by atoms with E-state index in [1.54, 1.807) is 0 Å². The minimum Gasteiger partial charge on any atom is -0.480 e. The summed E-state index contributed by atoms with van der Waals surface area (Å²) in [4.78, 5) is 11.1. The summed E-state index contributed by atoms with van der Waals surface area (Å²) in [5.41, 5.74) is 2.10. The Hall–Kier alpha value is -1.16. The van der Waals surface area contributed by atoms with Gasteiger partial charge in [0.25, 0.3) is 0 Å². The highest BCUT2D eigenvalue weighted by molar-refractivity contribution is 7.80. The van der Waals surface area contributed by atoms with Crippen molar-refractivity contribution < 1.29 is 14.6 Å². The second-order valence-electron chi connectivity index (χ2n) is 5.07. The fourth-order valence-corrected chi connectivity index (χ4v) is 1.89. The summed E-state index contributed by atoms with van der Waals surface area (Å²) in [5.74, 6) is -0.444. The summed E-state index contributed by atoms with van der Waals surface area (Å²) in [5, 5.41) is 8.59. The van der Waals surface area contributed by atoms with Gasteiger partial charge in [-0.05, 0) is 29.5 Å². The van der Waals surface area contributed by atoms with Gasteiger partial charge in [-0.2, -0.15) is 0 Å². The number of carboxylic acids is 1. The smallest absolute Gasteiger partial charge is 0.341 e. The van der Waals surface area contributed by atoms with Crippen LogP contribution in [0.1, 0.15) is 31.9 Å². The maximum atomic E-state index is 10.5. The molecule has 17 heavy (non-hydrogen) atoms. The van der Waals surface area contributed by atoms with Gasteiger partial charge in [0.05, 0.1) is 0 Å². The van der Waals surface area contributed by atoms with Crippen molar-refractivity contribution >= 4 is 18.6 Å². The van der Waals surface area contributed by atoms with E-state index in [0.29, 0.717) is 10.6 Å². The molecule has 0 saturated heterocycles. The largest absolute Gasteiger partial charge is 0.480 e. The van der Waals surface area contributed by atoms with Gasteiger partial charge in [0.2, 0.25) is 0 Å². The molecule has 4 heteroatoms. The highest BCUT2D eigenvalue weighted by atomic mass is 32.1. The number of carboxylic acid groups (broad SMARTS) is 1. The maximum Gasteiger partial charge on any atom is 0.341 e. The molecular formula is C13H18O3S. The van der Waals surface area contributed by atoms with Crippen molar-refractivity contribution in [2.75, 3.05) is 6.61 Å². The van der Waals surface area contributed by atoms with Crippen LogP contribution in [0.2, 0.25) is 0 Å². The Morgan fingerprint density at radius 3 is 2.41 bits per heavy atom. The minimum atomic E-state index is -0.989. The first-order valence-corrected chi connectivity index (χ1v) is 5.85. The monoisotopic (exact) mass is 254 g/mol. The molecular weight excluding hydrogens is 236 g/mol. The molecule has 0 aromatic heterocycles. The third-order valence-electron chi connectivity index (χ3n) is 2.46. The molecule has 0 aliphatic carbocycles. The third-order valence-corrected chi connectivity index (χ3v) is 2.79. The summed E-state index contributed by atoms with van der Waals surface area (Å²) in [7, 11) is 0. The van der Waals surface area contributed by atoms with Crippen LogP contribution in [0.4, 0.5) is 0 Å². The molecule has 0 spiro atoms. The molecule has 1 aromatic rings. The topological polar surface area (TPSA) is 46.5 Å². The van der Waals surface area contributed by atoms with Gasteiger partial charge < -0.3 is 9.84 Å². The van der Waals surface area contributed by atoms with E-state index in [4.69, 9.17) is 9.84 Å². The number of aryl methyl sites for hydroxylation is 1. The van der Waals surface area contributed by atoms with Crippen molar-refractivity contribution in [1.82, 2.24) is 0 Å². The predicted octanol–water partition coefficient (Wildman–Crippen LogP) is 3.04. The van der Waals surface area contributed by atoms with E-state index in [2.05, 4.69) is 33.4 Å². The number of carbonyl (C=O) groups is 1. The highest BCUT2D eigenvalue weighted by Crippen LogP contribution is 2.33. The summed E-state index contributed by atoms with van der Waals surface area (Å²) < 4.78 is 5.22. The average Bonchev–Trinajstić information content (AvgIpc) is 2.14. The van der Waals surface area contributed by atoms with Gasteiger partial charge in [0.15, 0.2) is 6.61 Å². The van der Waals surface area contributed by atoms with E-state index in [9.17, 15) is 4.79 Å². The lowest BCUT2D eigenvalue weighted by Crippen LogP contribution is -2.13. The molecule has 1 rings (SSSR count). The van der Waals surface area contributed by atoms with Crippen LogP contribution in [0.15, 0.2) is 17.0 Å². The van der Waals surface area contributed by atoms with Gasteiger partial charge in [-0.1, -0.05) is 26.8 Å². The highest BCUT2D eigenvalue weighted by Gasteiger charge is 2.17. The average molecular weight is 254 g/mol. The zero-order valence-corrected chi connectivity index (χ0v) is 11.5. The van der Waals surface area contributed by atoms with Crippen LogP contribution in [-0.2, 0) is 10.2 Å². The van der Waals surface area contributed by atoms with E-state index < -0.39 is 5.97 Å². The first-order valence-electron chi connectivity index (χ1n) is 5.40. The van der Waals surface area contributed by atoms with Crippen LogP contribution < -0.4 is 4.74 Å².